The lowest BCUT2D eigenvalue weighted by Gasteiger charge is -2.37. The predicted molar refractivity (Wildman–Crippen MR) is 123 cm³/mol. The van der Waals surface area contributed by atoms with Crippen LogP contribution in [0.1, 0.15) is 80.0 Å². The molecule has 31 heavy (non-hydrogen) atoms. The molecule has 1 aromatic heterocycles. The fourth-order valence-electron chi connectivity index (χ4n) is 5.06. The first kappa shape index (κ1) is 22.2. The Labute approximate surface area is 189 Å². The van der Waals surface area contributed by atoms with Gasteiger partial charge in [-0.2, -0.15) is 11.8 Å². The van der Waals surface area contributed by atoms with Gasteiger partial charge in [-0.1, -0.05) is 30.2 Å². The lowest BCUT2D eigenvalue weighted by Crippen LogP contribution is -2.26. The van der Waals surface area contributed by atoms with Gasteiger partial charge in [0.05, 0.1) is 26.0 Å². The van der Waals surface area contributed by atoms with Gasteiger partial charge in [-0.05, 0) is 68.6 Å². The minimum absolute atomic E-state index is 0.335. The van der Waals surface area contributed by atoms with E-state index in [0.29, 0.717) is 29.5 Å². The molecule has 0 radical (unpaired) electrons. The molecule has 4 rings (SSSR count). The first-order chi connectivity index (χ1) is 15.1. The molecule has 0 saturated heterocycles. The highest BCUT2D eigenvalue weighted by Crippen LogP contribution is 2.50. The van der Waals surface area contributed by atoms with Crippen LogP contribution in [0, 0.1) is 5.41 Å². The van der Waals surface area contributed by atoms with Gasteiger partial charge in [0.1, 0.15) is 5.75 Å². The highest BCUT2D eigenvalue weighted by atomic mass is 32.2. The van der Waals surface area contributed by atoms with E-state index in [2.05, 4.69) is 10.3 Å². The largest absolute Gasteiger partial charge is 0.497 e. The van der Waals surface area contributed by atoms with Crippen LogP contribution in [-0.4, -0.2) is 39.9 Å². The highest BCUT2D eigenvalue weighted by molar-refractivity contribution is 7.99. The van der Waals surface area contributed by atoms with Crippen LogP contribution in [0.15, 0.2) is 24.3 Å². The van der Waals surface area contributed by atoms with Crippen molar-refractivity contribution >= 4 is 17.7 Å². The third kappa shape index (κ3) is 5.25. The van der Waals surface area contributed by atoms with Crippen molar-refractivity contribution in [1.82, 2.24) is 15.0 Å². The van der Waals surface area contributed by atoms with Gasteiger partial charge >= 0.3 is 5.97 Å². The Balaban J connectivity index is 1.44. The Morgan fingerprint density at radius 1 is 1.16 bits per heavy atom. The number of benzene rings is 1. The van der Waals surface area contributed by atoms with Crippen molar-refractivity contribution in [2.45, 2.75) is 75.8 Å². The molecule has 0 amide bonds. The smallest absolute Gasteiger partial charge is 0.360 e. The van der Waals surface area contributed by atoms with Crippen LogP contribution in [-0.2, 0) is 17.0 Å². The molecule has 2 aliphatic rings. The van der Waals surface area contributed by atoms with E-state index in [4.69, 9.17) is 9.47 Å². The second-order valence-corrected chi connectivity index (χ2v) is 10.1. The van der Waals surface area contributed by atoms with Crippen molar-refractivity contribution in [1.29, 1.82) is 0 Å². The number of ether oxygens (including phenoxy) is 2. The number of nitrogens with zero attached hydrogens (tertiary/aromatic N) is 3. The second kappa shape index (κ2) is 10.1. The summed E-state index contributed by atoms with van der Waals surface area (Å²) in [5, 5.41) is 9.13. The molecule has 2 aliphatic carbocycles. The normalized spacial score (nSPS) is 18.4. The number of rotatable bonds is 8. The lowest BCUT2D eigenvalue weighted by atomic mass is 9.73. The Hall–Kier alpha value is -2.02. The monoisotopic (exact) mass is 443 g/mol. The third-order valence-electron chi connectivity index (χ3n) is 6.91. The first-order valence-corrected chi connectivity index (χ1v) is 12.5. The number of hydrogen-bond donors (Lipinski definition) is 0. The average molecular weight is 444 g/mol. The quantitative estimate of drug-likeness (QED) is 0.519. The maximum atomic E-state index is 12.5. The molecule has 0 aliphatic heterocycles. The molecule has 0 unspecified atom stereocenters. The van der Waals surface area contributed by atoms with Crippen molar-refractivity contribution in [2.75, 3.05) is 13.7 Å². The van der Waals surface area contributed by atoms with Crippen molar-refractivity contribution in [3.8, 4) is 5.75 Å². The number of methoxy groups -OCH3 is 1. The number of thioether (sulfide) groups is 1. The van der Waals surface area contributed by atoms with E-state index >= 15 is 0 Å². The zero-order valence-electron chi connectivity index (χ0n) is 18.6. The number of esters is 1. The molecule has 7 heteroatoms. The molecule has 1 aromatic carbocycles. The summed E-state index contributed by atoms with van der Waals surface area (Å²) in [5.74, 6) is 1.17. The van der Waals surface area contributed by atoms with Crippen LogP contribution in [0.2, 0.25) is 0 Å². The molecule has 0 atom stereocenters. The molecule has 2 saturated carbocycles. The Morgan fingerprint density at radius 2 is 1.87 bits per heavy atom. The Morgan fingerprint density at radius 3 is 2.52 bits per heavy atom. The summed E-state index contributed by atoms with van der Waals surface area (Å²) >= 11 is 1.95. The van der Waals surface area contributed by atoms with Gasteiger partial charge in [0, 0.05) is 11.0 Å². The van der Waals surface area contributed by atoms with E-state index in [1.807, 2.05) is 47.6 Å². The first-order valence-electron chi connectivity index (χ1n) is 11.5. The second-order valence-electron chi connectivity index (χ2n) is 8.83. The topological polar surface area (TPSA) is 66.2 Å². The molecule has 1 spiro atoms. The predicted octanol–water partition coefficient (Wildman–Crippen LogP) is 5.25. The summed E-state index contributed by atoms with van der Waals surface area (Å²) in [6.07, 6.45) is 11.0. The highest BCUT2D eigenvalue weighted by Gasteiger charge is 2.37. The summed E-state index contributed by atoms with van der Waals surface area (Å²) in [7, 11) is 1.66. The summed E-state index contributed by atoms with van der Waals surface area (Å²) in [6, 6.07) is 7.91. The van der Waals surface area contributed by atoms with Gasteiger partial charge in [-0.15, -0.1) is 5.10 Å². The van der Waals surface area contributed by atoms with Gasteiger partial charge in [0.25, 0.3) is 0 Å². The average Bonchev–Trinajstić information content (AvgIpc) is 3.41. The summed E-state index contributed by atoms with van der Waals surface area (Å²) in [5.41, 5.74) is 2.95. The van der Waals surface area contributed by atoms with E-state index in [1.54, 1.807) is 7.11 Å². The van der Waals surface area contributed by atoms with Crippen LogP contribution in [0.3, 0.4) is 0 Å². The fourth-order valence-corrected chi connectivity index (χ4v) is 6.31. The van der Waals surface area contributed by atoms with E-state index in [-0.39, 0.29) is 5.97 Å². The van der Waals surface area contributed by atoms with Crippen LogP contribution < -0.4 is 4.74 Å². The van der Waals surface area contributed by atoms with Gasteiger partial charge in [-0.25, -0.2) is 9.48 Å². The Bertz CT molecular complexity index is 865. The maximum absolute atomic E-state index is 12.5. The number of carbonyl (C=O) groups is 1. The van der Waals surface area contributed by atoms with Gasteiger partial charge < -0.3 is 9.47 Å². The summed E-state index contributed by atoms with van der Waals surface area (Å²) in [4.78, 5) is 12.5. The van der Waals surface area contributed by atoms with Crippen LogP contribution in [0.4, 0.5) is 0 Å². The SMILES string of the molecule is CCOC(=O)c1nnn(Cc2ccc(OC)cc2)c1CSC1CCC2(CCCC2)CC1. The van der Waals surface area contributed by atoms with E-state index < -0.39 is 0 Å². The Kier molecular flexibility index (Phi) is 7.20. The number of carbonyl (C=O) groups excluding carboxylic acids is 1. The fraction of sp³-hybridized carbons (Fsp3) is 0.625. The molecule has 2 aromatic rings. The minimum Gasteiger partial charge on any atom is -0.497 e. The molecule has 0 N–H and O–H groups in total. The molecular weight excluding hydrogens is 410 g/mol. The van der Waals surface area contributed by atoms with Crippen LogP contribution in [0.25, 0.3) is 0 Å². The van der Waals surface area contributed by atoms with Crippen LogP contribution >= 0.6 is 11.8 Å². The van der Waals surface area contributed by atoms with E-state index in [0.717, 1.165) is 22.8 Å². The van der Waals surface area contributed by atoms with Crippen LogP contribution in [0.5, 0.6) is 5.75 Å². The summed E-state index contributed by atoms with van der Waals surface area (Å²) in [6.45, 7) is 2.72. The lowest BCUT2D eigenvalue weighted by molar-refractivity contribution is 0.0518. The summed E-state index contributed by atoms with van der Waals surface area (Å²) < 4.78 is 12.3. The molecular formula is C24H33N3O3S. The zero-order valence-corrected chi connectivity index (χ0v) is 19.5. The number of aromatic nitrogens is 3. The zero-order chi connectivity index (χ0) is 21.7. The van der Waals surface area contributed by atoms with Crippen molar-refractivity contribution in [2.24, 2.45) is 5.41 Å². The minimum atomic E-state index is -0.382. The molecule has 6 nitrogen and oxygen atoms in total. The maximum Gasteiger partial charge on any atom is 0.360 e. The van der Waals surface area contributed by atoms with Gasteiger partial charge in [-0.3, -0.25) is 0 Å². The number of hydrogen-bond acceptors (Lipinski definition) is 6. The molecule has 0 bridgehead atoms. The molecule has 168 valence electrons. The van der Waals surface area contributed by atoms with Gasteiger partial charge in [0.15, 0.2) is 5.69 Å². The molecule has 1 heterocycles. The van der Waals surface area contributed by atoms with E-state index in [9.17, 15) is 4.79 Å². The third-order valence-corrected chi connectivity index (χ3v) is 8.29. The molecule has 2 fully saturated rings. The van der Waals surface area contributed by atoms with E-state index in [1.165, 1.54) is 51.4 Å². The van der Waals surface area contributed by atoms with Crippen molar-refractivity contribution < 1.29 is 14.3 Å². The van der Waals surface area contributed by atoms with Gasteiger partial charge in [0.2, 0.25) is 0 Å². The standard InChI is InChI=1S/C24H33N3O3S/c1-3-30-23(28)22-21(17-31-20-10-14-24(15-11-20)12-4-5-13-24)27(26-25-22)16-18-6-8-19(29-2)9-7-18/h6-9,20H,3-5,10-17H2,1-2H3. The van der Waals surface area contributed by atoms with Crippen molar-refractivity contribution in [3.05, 3.63) is 41.2 Å². The van der Waals surface area contributed by atoms with Crippen molar-refractivity contribution in [3.63, 3.8) is 0 Å².